The Morgan fingerprint density at radius 2 is 1.73 bits per heavy atom. The molecule has 9 nitrogen and oxygen atoms in total. The minimum Gasteiger partial charge on any atom is -0.482 e. The molecule has 1 heterocycles. The molecule has 2 aromatic rings. The maximum atomic E-state index is 13.8. The van der Waals surface area contributed by atoms with Gasteiger partial charge in [0.1, 0.15) is 17.8 Å². The van der Waals surface area contributed by atoms with Crippen LogP contribution in [-0.4, -0.2) is 48.6 Å². The highest BCUT2D eigenvalue weighted by atomic mass is 32.1. The number of aryl methyl sites for hydroxylation is 1. The largest absolute Gasteiger partial charge is 0.482 e. The second kappa shape index (κ2) is 10.8. The van der Waals surface area contributed by atoms with Crippen molar-refractivity contribution >= 4 is 30.7 Å². The zero-order valence-electron chi connectivity index (χ0n) is 19.5. The molecule has 11 heteroatoms. The number of ether oxygens (including phenoxy) is 3. The predicted molar refractivity (Wildman–Crippen MR) is 127 cm³/mol. The molecule has 2 N–H and O–H groups in total. The van der Waals surface area contributed by atoms with Crippen LogP contribution < -0.4 is 14.9 Å². The molecule has 180 valence electrons. The zero-order chi connectivity index (χ0) is 24.2. The second-order valence-electron chi connectivity index (χ2n) is 7.75. The molecular weight excluding hydrogens is 465 g/mol. The molecule has 33 heavy (non-hydrogen) atoms. The zero-order valence-corrected chi connectivity index (χ0v) is 21.2. The summed E-state index contributed by atoms with van der Waals surface area (Å²) in [4.78, 5) is 29.9. The van der Waals surface area contributed by atoms with Crippen molar-refractivity contribution < 1.29 is 28.4 Å². The Labute approximate surface area is 197 Å². The summed E-state index contributed by atoms with van der Waals surface area (Å²) in [7, 11) is -3.60. The summed E-state index contributed by atoms with van der Waals surface area (Å²) in [6.07, 6.45) is 0.488. The van der Waals surface area contributed by atoms with Gasteiger partial charge in [-0.25, -0.2) is 15.2 Å². The van der Waals surface area contributed by atoms with E-state index in [4.69, 9.17) is 14.2 Å². The minimum atomic E-state index is -3.60. The summed E-state index contributed by atoms with van der Waals surface area (Å²) in [6.45, 7) is 8.92. The highest BCUT2D eigenvalue weighted by Crippen LogP contribution is 2.46. The van der Waals surface area contributed by atoms with Gasteiger partial charge in [-0.1, -0.05) is 6.07 Å². The van der Waals surface area contributed by atoms with Crippen LogP contribution in [0.1, 0.15) is 43.7 Å². The van der Waals surface area contributed by atoms with Crippen LogP contribution in [0.25, 0.3) is 11.3 Å². The van der Waals surface area contributed by atoms with Crippen molar-refractivity contribution in [3.05, 3.63) is 33.6 Å². The third kappa shape index (κ3) is 5.81. The van der Waals surface area contributed by atoms with E-state index >= 15 is 0 Å². The SMILES string of the molecule is CCOC(=O)[C@H](C)NP(=O)(COc1ccc(C)c2c1-c1ncsc1C2)N[C@@H](C)C(=O)OCC. The fraction of sp³-hybridized carbons (Fsp3) is 0.500. The maximum Gasteiger partial charge on any atom is 0.323 e. The van der Waals surface area contributed by atoms with Gasteiger partial charge in [0.15, 0.2) is 6.35 Å². The van der Waals surface area contributed by atoms with Crippen LogP contribution in [0.3, 0.4) is 0 Å². The van der Waals surface area contributed by atoms with Crippen molar-refractivity contribution in [1.82, 2.24) is 15.2 Å². The van der Waals surface area contributed by atoms with Gasteiger partial charge in [-0.3, -0.25) is 14.2 Å². The number of aromatic nitrogens is 1. The number of rotatable bonds is 11. The van der Waals surface area contributed by atoms with Crippen molar-refractivity contribution in [1.29, 1.82) is 0 Å². The smallest absolute Gasteiger partial charge is 0.323 e. The molecule has 3 rings (SSSR count). The van der Waals surface area contributed by atoms with Crippen LogP contribution in [-0.2, 0) is 30.0 Å². The number of thiazole rings is 1. The van der Waals surface area contributed by atoms with Gasteiger partial charge in [-0.2, -0.15) is 0 Å². The van der Waals surface area contributed by atoms with E-state index in [-0.39, 0.29) is 19.6 Å². The van der Waals surface area contributed by atoms with Gasteiger partial charge in [0, 0.05) is 16.9 Å². The molecule has 0 amide bonds. The Morgan fingerprint density at radius 3 is 2.30 bits per heavy atom. The Balaban J connectivity index is 1.84. The average molecular weight is 496 g/mol. The summed E-state index contributed by atoms with van der Waals surface area (Å²) in [5.41, 5.74) is 5.85. The van der Waals surface area contributed by atoms with E-state index in [9.17, 15) is 14.2 Å². The topological polar surface area (TPSA) is 116 Å². The summed E-state index contributed by atoms with van der Waals surface area (Å²) < 4.78 is 29.9. The first-order chi connectivity index (χ1) is 15.7. The third-order valence-electron chi connectivity index (χ3n) is 5.21. The first-order valence-corrected chi connectivity index (χ1v) is 13.6. The molecule has 1 aromatic heterocycles. The van der Waals surface area contributed by atoms with E-state index in [2.05, 4.69) is 15.2 Å². The monoisotopic (exact) mass is 495 g/mol. The normalized spacial score (nSPS) is 14.2. The quantitative estimate of drug-likeness (QED) is 0.304. The number of hydrogen-bond acceptors (Lipinski definition) is 8. The highest BCUT2D eigenvalue weighted by molar-refractivity contribution is 7.59. The molecule has 1 aromatic carbocycles. The van der Waals surface area contributed by atoms with Crippen molar-refractivity contribution in [2.24, 2.45) is 0 Å². The van der Waals surface area contributed by atoms with Gasteiger partial charge in [0.25, 0.3) is 0 Å². The fourth-order valence-corrected chi connectivity index (χ4v) is 6.42. The van der Waals surface area contributed by atoms with E-state index in [1.54, 1.807) is 44.5 Å². The van der Waals surface area contributed by atoms with Gasteiger partial charge in [-0.15, -0.1) is 11.3 Å². The maximum absolute atomic E-state index is 13.8. The molecule has 0 saturated heterocycles. The molecule has 0 saturated carbocycles. The minimum absolute atomic E-state index is 0.198. The predicted octanol–water partition coefficient (Wildman–Crippen LogP) is 3.63. The molecule has 0 bridgehead atoms. The summed E-state index contributed by atoms with van der Waals surface area (Å²) in [5.74, 6) is -0.546. The van der Waals surface area contributed by atoms with Crippen LogP contribution in [0.15, 0.2) is 17.6 Å². The first kappa shape index (κ1) is 25.4. The summed E-state index contributed by atoms with van der Waals surface area (Å²) in [5, 5.41) is 5.59. The molecular formula is C22H30N3O6PS. The standard InChI is InChI=1S/C22H30N3O6PS/c1-6-29-21(26)14(4)24-32(28,25-15(5)22(27)30-7-2)12-31-17-9-8-13(3)16-10-18-20(19(16)17)23-11-33-18/h8-9,11,14-15H,6-7,10,12H2,1-5H3,(H2,24,25,28)/t14-,15-/m0/s1. The van der Waals surface area contributed by atoms with Crippen molar-refractivity contribution in [2.45, 2.75) is 53.1 Å². The van der Waals surface area contributed by atoms with Crippen LogP contribution in [0, 0.1) is 6.92 Å². The van der Waals surface area contributed by atoms with Gasteiger partial charge >= 0.3 is 11.9 Å². The fourth-order valence-electron chi connectivity index (χ4n) is 3.64. The van der Waals surface area contributed by atoms with E-state index in [0.717, 1.165) is 33.7 Å². The van der Waals surface area contributed by atoms with E-state index < -0.39 is 31.5 Å². The Kier molecular flexibility index (Phi) is 8.28. The Hall–Kier alpha value is -2.26. The lowest BCUT2D eigenvalue weighted by atomic mass is 10.0. The molecule has 0 spiro atoms. The van der Waals surface area contributed by atoms with Crippen molar-refractivity contribution in [3.8, 4) is 17.0 Å². The number of nitrogens with zero attached hydrogens (tertiary/aromatic N) is 1. The molecule has 0 aliphatic heterocycles. The van der Waals surface area contributed by atoms with E-state index in [0.29, 0.717) is 5.75 Å². The number of hydrogen-bond donors (Lipinski definition) is 2. The molecule has 0 radical (unpaired) electrons. The Morgan fingerprint density at radius 1 is 1.12 bits per heavy atom. The number of esters is 2. The number of carbonyl (C=O) groups excluding carboxylic acids is 2. The highest BCUT2D eigenvalue weighted by Gasteiger charge is 2.34. The second-order valence-corrected chi connectivity index (χ2v) is 10.9. The number of benzene rings is 1. The summed E-state index contributed by atoms with van der Waals surface area (Å²) >= 11 is 1.59. The molecule has 2 atom stereocenters. The van der Waals surface area contributed by atoms with Crippen LogP contribution in [0.5, 0.6) is 5.75 Å². The molecule has 1 aliphatic carbocycles. The van der Waals surface area contributed by atoms with E-state index in [1.807, 2.05) is 19.1 Å². The number of carbonyl (C=O) groups is 2. The molecule has 1 aliphatic rings. The lowest BCUT2D eigenvalue weighted by Crippen LogP contribution is -2.43. The van der Waals surface area contributed by atoms with Crippen LogP contribution in [0.4, 0.5) is 0 Å². The van der Waals surface area contributed by atoms with Crippen molar-refractivity contribution in [2.75, 3.05) is 19.6 Å². The van der Waals surface area contributed by atoms with Gasteiger partial charge in [0.2, 0.25) is 7.44 Å². The molecule has 0 fully saturated rings. The van der Waals surface area contributed by atoms with Gasteiger partial charge in [-0.05, 0) is 51.8 Å². The average Bonchev–Trinajstić information content (AvgIpc) is 3.36. The van der Waals surface area contributed by atoms with Gasteiger partial charge < -0.3 is 14.2 Å². The van der Waals surface area contributed by atoms with Crippen LogP contribution >= 0.6 is 18.8 Å². The number of fused-ring (bicyclic) bond motifs is 3. The summed E-state index contributed by atoms with van der Waals surface area (Å²) in [6, 6.07) is 2.03. The van der Waals surface area contributed by atoms with Crippen molar-refractivity contribution in [3.63, 3.8) is 0 Å². The molecule has 0 unspecified atom stereocenters. The Bertz CT molecular complexity index is 1040. The lowest BCUT2D eigenvalue weighted by Gasteiger charge is -2.26. The third-order valence-corrected chi connectivity index (χ3v) is 8.14. The lowest BCUT2D eigenvalue weighted by molar-refractivity contribution is -0.145. The first-order valence-electron chi connectivity index (χ1n) is 10.8. The van der Waals surface area contributed by atoms with Crippen LogP contribution in [0.2, 0.25) is 0 Å². The van der Waals surface area contributed by atoms with Gasteiger partial charge in [0.05, 0.1) is 24.4 Å². The van der Waals surface area contributed by atoms with E-state index in [1.165, 1.54) is 0 Å². The number of nitrogens with one attached hydrogen (secondary N) is 2.